The Morgan fingerprint density at radius 1 is 1.06 bits per heavy atom. The second-order valence-corrected chi connectivity index (χ2v) is 14.4. The third-order valence-electron chi connectivity index (χ3n) is 8.81. The van der Waals surface area contributed by atoms with Crippen molar-refractivity contribution >= 4 is 59.5 Å². The first-order valence-electron chi connectivity index (χ1n) is 17.2. The van der Waals surface area contributed by atoms with E-state index in [2.05, 4.69) is 10.2 Å². The molecule has 3 fully saturated rings. The number of nitrogens with zero attached hydrogens (tertiary/aromatic N) is 4. The average Bonchev–Trinajstić information content (AvgIpc) is 3.54. The van der Waals surface area contributed by atoms with Gasteiger partial charge in [0.2, 0.25) is 11.8 Å². The molecule has 10 nitrogen and oxygen atoms in total. The Morgan fingerprint density at radius 3 is 2.22 bits per heavy atom. The van der Waals surface area contributed by atoms with Crippen LogP contribution >= 0.6 is 35.1 Å². The molecular formula is C36H52Cl2F2N6O4S. The molecule has 51 heavy (non-hydrogen) atoms. The fourth-order valence-corrected chi connectivity index (χ4v) is 7.18. The van der Waals surface area contributed by atoms with Crippen LogP contribution in [0.3, 0.4) is 0 Å². The highest BCUT2D eigenvalue weighted by molar-refractivity contribution is 7.97. The Labute approximate surface area is 315 Å². The lowest BCUT2D eigenvalue weighted by Gasteiger charge is -2.53. The van der Waals surface area contributed by atoms with E-state index in [1.54, 1.807) is 35.0 Å². The minimum atomic E-state index is -0.925. The summed E-state index contributed by atoms with van der Waals surface area (Å²) in [5.74, 6) is -1.66. The standard InChI is InChI=1S/C23H24Cl2F2N4O2S.C6H11NO.C5H11NO.C2H6/c1-3-29-12-21-30(34-20-7-5-14(24)9-16(20)25)11-18(28-2)22(32)31(21)19(23(29)33)8-13-4-6-15(26)10-17(13)27;1-7-4-2-3-6(7)5-8;1-4(2)5(6)3-7;1-2/h4-7,9-10,18-19,21,28H,3,8,11-12H2,1-2H3;5-6H,2-4H2,1H3;3-5H,6H2,1-2H3;1-2H3. The average molecular weight is 774 g/mol. The summed E-state index contributed by atoms with van der Waals surface area (Å²) < 4.78 is 30.0. The Hall–Kier alpha value is -2.65. The van der Waals surface area contributed by atoms with E-state index in [9.17, 15) is 28.0 Å². The highest BCUT2D eigenvalue weighted by Crippen LogP contribution is 2.38. The largest absolute Gasteiger partial charge is 0.338 e. The zero-order valence-corrected chi connectivity index (χ0v) is 32.8. The molecule has 2 amide bonds. The Morgan fingerprint density at radius 2 is 1.75 bits per heavy atom. The van der Waals surface area contributed by atoms with Gasteiger partial charge < -0.3 is 30.4 Å². The Balaban J connectivity index is 0.000000437. The zero-order chi connectivity index (χ0) is 38.4. The van der Waals surface area contributed by atoms with E-state index in [4.69, 9.17) is 28.9 Å². The maximum absolute atomic E-state index is 14.5. The van der Waals surface area contributed by atoms with Gasteiger partial charge in [-0.1, -0.05) is 57.0 Å². The number of halogens is 4. The van der Waals surface area contributed by atoms with E-state index in [1.807, 2.05) is 46.0 Å². The first-order valence-corrected chi connectivity index (χ1v) is 18.8. The molecular weight excluding hydrogens is 721 g/mol. The van der Waals surface area contributed by atoms with Gasteiger partial charge in [-0.25, -0.2) is 13.1 Å². The van der Waals surface area contributed by atoms with E-state index in [1.165, 1.54) is 24.4 Å². The number of likely N-dealkylation sites (tertiary alicyclic amines) is 1. The molecule has 0 aromatic heterocycles. The number of hydrogen-bond acceptors (Lipinski definition) is 9. The Bertz CT molecular complexity index is 1460. The van der Waals surface area contributed by atoms with E-state index in [0.29, 0.717) is 29.7 Å². The van der Waals surface area contributed by atoms with Gasteiger partial charge in [-0.05, 0) is 88.1 Å². The number of aldehydes is 2. The molecule has 0 saturated carbocycles. The second-order valence-electron chi connectivity index (χ2n) is 12.4. The van der Waals surface area contributed by atoms with Gasteiger partial charge in [0.1, 0.15) is 42.5 Å². The number of nitrogens with one attached hydrogen (secondary N) is 1. The van der Waals surface area contributed by atoms with Crippen LogP contribution in [0, 0.1) is 17.6 Å². The first kappa shape index (κ1) is 44.5. The fraction of sp³-hybridized carbons (Fsp3) is 0.556. The molecule has 0 bridgehead atoms. The van der Waals surface area contributed by atoms with Crippen LogP contribution < -0.4 is 11.1 Å². The summed E-state index contributed by atoms with van der Waals surface area (Å²) in [7, 11) is 3.67. The maximum atomic E-state index is 14.5. The number of hydrogen-bond donors (Lipinski definition) is 2. The molecule has 3 aliphatic heterocycles. The zero-order valence-electron chi connectivity index (χ0n) is 30.5. The van der Waals surface area contributed by atoms with Crippen molar-refractivity contribution < 1.29 is 28.0 Å². The van der Waals surface area contributed by atoms with Crippen LogP contribution in [0.1, 0.15) is 53.0 Å². The number of amides is 2. The second kappa shape index (κ2) is 21.8. The van der Waals surface area contributed by atoms with Crippen LogP contribution in [0.15, 0.2) is 41.3 Å². The molecule has 284 valence electrons. The van der Waals surface area contributed by atoms with E-state index in [-0.39, 0.29) is 41.8 Å². The van der Waals surface area contributed by atoms with Gasteiger partial charge in [-0.2, -0.15) is 0 Å². The lowest BCUT2D eigenvalue weighted by atomic mass is 9.97. The number of fused-ring (bicyclic) bond motifs is 1. The molecule has 0 spiro atoms. The summed E-state index contributed by atoms with van der Waals surface area (Å²) in [4.78, 5) is 52.8. The summed E-state index contributed by atoms with van der Waals surface area (Å²) in [6.45, 7) is 11.9. The number of nitrogens with two attached hydrogens (primary N) is 1. The number of carbonyl (C=O) groups is 4. The summed E-state index contributed by atoms with van der Waals surface area (Å²) >= 11 is 13.8. The van der Waals surface area contributed by atoms with Crippen molar-refractivity contribution in [2.24, 2.45) is 11.7 Å². The number of benzene rings is 2. The minimum Gasteiger partial charge on any atom is -0.338 e. The van der Waals surface area contributed by atoms with Crippen LogP contribution in [0.4, 0.5) is 8.78 Å². The summed E-state index contributed by atoms with van der Waals surface area (Å²) in [5.41, 5.74) is 5.42. The van der Waals surface area contributed by atoms with Gasteiger partial charge in [0, 0.05) is 35.5 Å². The SMILES string of the molecule is CC.CC(C)C(N)C=O.CCN1CC2N(Sc3ccc(Cl)cc3Cl)CC(NC)C(=O)N2C(Cc2ccc(F)cc2F)C1=O.CN1CCCC1C=O. The van der Waals surface area contributed by atoms with Gasteiger partial charge in [0.15, 0.2) is 0 Å². The first-order chi connectivity index (χ1) is 24.3. The molecule has 5 unspecified atom stereocenters. The number of likely N-dealkylation sites (N-methyl/N-ethyl adjacent to an activating group) is 3. The number of carbonyl (C=O) groups excluding carboxylic acids is 4. The molecule has 3 aliphatic rings. The van der Waals surface area contributed by atoms with Gasteiger partial charge in [-0.15, -0.1) is 0 Å². The molecule has 2 aromatic rings. The van der Waals surface area contributed by atoms with E-state index < -0.39 is 29.9 Å². The summed E-state index contributed by atoms with van der Waals surface area (Å²) in [6, 6.07) is 6.90. The highest BCUT2D eigenvalue weighted by Gasteiger charge is 2.50. The van der Waals surface area contributed by atoms with Crippen LogP contribution in [-0.4, -0.2) is 114 Å². The lowest BCUT2D eigenvalue weighted by Crippen LogP contribution is -2.73. The van der Waals surface area contributed by atoms with Gasteiger partial charge in [-0.3, -0.25) is 14.5 Å². The van der Waals surface area contributed by atoms with Crippen molar-refractivity contribution in [2.45, 2.75) is 89.1 Å². The highest BCUT2D eigenvalue weighted by atomic mass is 35.5. The van der Waals surface area contributed by atoms with Crippen molar-refractivity contribution in [1.82, 2.24) is 24.3 Å². The molecule has 5 atom stereocenters. The molecule has 0 aliphatic carbocycles. The molecule has 15 heteroatoms. The predicted molar refractivity (Wildman–Crippen MR) is 201 cm³/mol. The van der Waals surface area contributed by atoms with Crippen LogP contribution in [0.2, 0.25) is 10.0 Å². The quantitative estimate of drug-likeness (QED) is 0.259. The van der Waals surface area contributed by atoms with Crippen molar-refractivity contribution in [3.8, 4) is 0 Å². The van der Waals surface area contributed by atoms with E-state index in [0.717, 1.165) is 42.6 Å². The summed E-state index contributed by atoms with van der Waals surface area (Å²) in [5, 5.41) is 4.01. The summed E-state index contributed by atoms with van der Waals surface area (Å²) in [6.07, 6.45) is 3.53. The lowest BCUT2D eigenvalue weighted by molar-refractivity contribution is -0.166. The van der Waals surface area contributed by atoms with E-state index >= 15 is 0 Å². The van der Waals surface area contributed by atoms with Gasteiger partial charge in [0.25, 0.3) is 0 Å². The molecule has 5 rings (SSSR count). The monoisotopic (exact) mass is 772 g/mol. The minimum absolute atomic E-state index is 0.0552. The van der Waals surface area contributed by atoms with Gasteiger partial charge in [0.05, 0.1) is 23.7 Å². The van der Waals surface area contributed by atoms with Crippen LogP contribution in [0.25, 0.3) is 0 Å². The van der Waals surface area contributed by atoms with Crippen LogP contribution in [0.5, 0.6) is 0 Å². The van der Waals surface area contributed by atoms with Crippen molar-refractivity contribution in [2.75, 3.05) is 40.3 Å². The molecule has 3 saturated heterocycles. The normalized spacial score (nSPS) is 22.5. The molecule has 3 heterocycles. The topological polar surface area (TPSA) is 119 Å². The predicted octanol–water partition coefficient (Wildman–Crippen LogP) is 5.28. The van der Waals surface area contributed by atoms with Gasteiger partial charge >= 0.3 is 0 Å². The van der Waals surface area contributed by atoms with Crippen molar-refractivity contribution in [3.63, 3.8) is 0 Å². The van der Waals surface area contributed by atoms with Crippen molar-refractivity contribution in [3.05, 3.63) is 63.6 Å². The smallest absolute Gasteiger partial charge is 0.245 e. The van der Waals surface area contributed by atoms with Crippen molar-refractivity contribution in [1.29, 1.82) is 0 Å². The molecule has 2 aromatic carbocycles. The third-order valence-corrected chi connectivity index (χ3v) is 10.7. The Kier molecular flexibility index (Phi) is 19.0. The third kappa shape index (κ3) is 12.2. The van der Waals surface area contributed by atoms with Crippen LogP contribution in [-0.2, 0) is 25.6 Å². The fourth-order valence-electron chi connectivity index (χ4n) is 5.62. The maximum Gasteiger partial charge on any atom is 0.245 e. The molecule has 3 N–H and O–H groups in total. The number of rotatable bonds is 9. The molecule has 0 radical (unpaired) electrons. The number of piperazine rings is 1.